The molecule has 2 aliphatic rings. The van der Waals surface area contributed by atoms with Gasteiger partial charge in [0, 0.05) is 12.8 Å². The minimum Gasteiger partial charge on any atom is -0.497 e. The number of methoxy groups -OCH3 is 1. The molecule has 5 rings (SSSR count). The first-order valence-corrected chi connectivity index (χ1v) is 14.2. The standard InChI is InChI=1S/C33H40O8/c1-22-32(34)28(36-20-24-10-6-4-7-11-24)18-31(38-22)41-33-23(2)39-30(40-27-16-14-26(35-3)15-17-27)19-29(33)37-21-25-12-8-5-9-13-25/h4-17,22-23,28-34H,18-21H2,1-3H3/t22-,23-,28-,29+,30+,31+,32-,33-/m1/s1. The maximum atomic E-state index is 10.8. The van der Waals surface area contributed by atoms with E-state index in [0.29, 0.717) is 31.8 Å². The Hall–Kier alpha value is -2.98. The fourth-order valence-electron chi connectivity index (χ4n) is 5.23. The molecule has 0 aromatic heterocycles. The van der Waals surface area contributed by atoms with Crippen LogP contribution in [0.3, 0.4) is 0 Å². The van der Waals surface area contributed by atoms with Crippen LogP contribution in [0.15, 0.2) is 84.9 Å². The van der Waals surface area contributed by atoms with Gasteiger partial charge in [0.1, 0.15) is 23.7 Å². The van der Waals surface area contributed by atoms with Crippen molar-refractivity contribution in [2.45, 2.75) is 89.1 Å². The summed E-state index contributed by atoms with van der Waals surface area (Å²) < 4.78 is 42.9. The zero-order valence-corrected chi connectivity index (χ0v) is 23.8. The van der Waals surface area contributed by atoms with Gasteiger partial charge in [0.25, 0.3) is 0 Å². The third-order valence-corrected chi connectivity index (χ3v) is 7.52. The van der Waals surface area contributed by atoms with Gasteiger partial charge < -0.3 is 38.3 Å². The molecule has 3 aromatic carbocycles. The van der Waals surface area contributed by atoms with Crippen LogP contribution in [0.4, 0.5) is 0 Å². The summed E-state index contributed by atoms with van der Waals surface area (Å²) >= 11 is 0. The molecule has 2 saturated heterocycles. The fourth-order valence-corrected chi connectivity index (χ4v) is 5.23. The number of aliphatic hydroxyl groups excluding tert-OH is 1. The lowest BCUT2D eigenvalue weighted by Crippen LogP contribution is -2.55. The molecule has 2 heterocycles. The van der Waals surface area contributed by atoms with Crippen molar-refractivity contribution >= 4 is 0 Å². The first-order chi connectivity index (χ1) is 20.0. The molecule has 3 aromatic rings. The minimum absolute atomic E-state index is 0.323. The summed E-state index contributed by atoms with van der Waals surface area (Å²) in [6.07, 6.45) is -2.99. The Morgan fingerprint density at radius 3 is 1.83 bits per heavy atom. The van der Waals surface area contributed by atoms with E-state index < -0.39 is 37.0 Å². The van der Waals surface area contributed by atoms with Crippen LogP contribution < -0.4 is 9.47 Å². The van der Waals surface area contributed by atoms with Crippen molar-refractivity contribution in [1.29, 1.82) is 0 Å². The zero-order chi connectivity index (χ0) is 28.6. The lowest BCUT2D eigenvalue weighted by molar-refractivity contribution is -0.312. The Kier molecular flexibility index (Phi) is 10.3. The van der Waals surface area contributed by atoms with Crippen LogP contribution in [0.5, 0.6) is 11.5 Å². The second kappa shape index (κ2) is 14.3. The van der Waals surface area contributed by atoms with E-state index in [0.717, 1.165) is 16.9 Å². The van der Waals surface area contributed by atoms with Crippen molar-refractivity contribution in [1.82, 2.24) is 0 Å². The molecule has 2 aliphatic heterocycles. The highest BCUT2D eigenvalue weighted by Crippen LogP contribution is 2.32. The molecule has 0 saturated carbocycles. The summed E-state index contributed by atoms with van der Waals surface area (Å²) in [5.41, 5.74) is 2.11. The summed E-state index contributed by atoms with van der Waals surface area (Å²) in [5.74, 6) is 1.44. The average molecular weight is 565 g/mol. The minimum atomic E-state index is -0.758. The van der Waals surface area contributed by atoms with Gasteiger partial charge in [-0.05, 0) is 49.2 Å². The molecule has 220 valence electrons. The van der Waals surface area contributed by atoms with Gasteiger partial charge in [-0.3, -0.25) is 0 Å². The number of rotatable bonds is 11. The van der Waals surface area contributed by atoms with E-state index in [1.54, 1.807) is 7.11 Å². The van der Waals surface area contributed by atoms with Crippen LogP contribution in [0.25, 0.3) is 0 Å². The Morgan fingerprint density at radius 1 is 0.683 bits per heavy atom. The second-order valence-electron chi connectivity index (χ2n) is 10.6. The molecule has 0 amide bonds. The van der Waals surface area contributed by atoms with E-state index in [1.807, 2.05) is 98.8 Å². The van der Waals surface area contributed by atoms with Crippen molar-refractivity contribution < 1.29 is 38.3 Å². The van der Waals surface area contributed by atoms with Gasteiger partial charge in [0.2, 0.25) is 6.29 Å². The predicted molar refractivity (Wildman–Crippen MR) is 152 cm³/mol. The van der Waals surface area contributed by atoms with E-state index in [-0.39, 0.29) is 12.2 Å². The quantitative estimate of drug-likeness (QED) is 0.338. The maximum absolute atomic E-state index is 10.8. The molecule has 1 N–H and O–H groups in total. The molecular formula is C33H40O8. The number of ether oxygens (including phenoxy) is 7. The second-order valence-corrected chi connectivity index (χ2v) is 10.6. The molecule has 8 atom stereocenters. The van der Waals surface area contributed by atoms with Crippen molar-refractivity contribution in [3.8, 4) is 11.5 Å². The summed E-state index contributed by atoms with van der Waals surface area (Å²) in [5, 5.41) is 10.8. The Bertz CT molecular complexity index is 1170. The van der Waals surface area contributed by atoms with E-state index in [9.17, 15) is 5.11 Å². The first kappa shape index (κ1) is 29.5. The fraction of sp³-hybridized carbons (Fsp3) is 0.455. The van der Waals surface area contributed by atoms with Gasteiger partial charge in [-0.1, -0.05) is 60.7 Å². The smallest absolute Gasteiger partial charge is 0.202 e. The topological polar surface area (TPSA) is 84.8 Å². The average Bonchev–Trinajstić information content (AvgIpc) is 3.00. The molecule has 2 fully saturated rings. The Morgan fingerprint density at radius 2 is 1.22 bits per heavy atom. The molecule has 0 aliphatic carbocycles. The van der Waals surface area contributed by atoms with Gasteiger partial charge in [-0.2, -0.15) is 0 Å². The Labute approximate surface area is 242 Å². The largest absolute Gasteiger partial charge is 0.497 e. The van der Waals surface area contributed by atoms with Gasteiger partial charge in [-0.15, -0.1) is 0 Å². The summed E-state index contributed by atoms with van der Waals surface area (Å²) in [4.78, 5) is 0. The third kappa shape index (κ3) is 8.07. The number of benzene rings is 3. The maximum Gasteiger partial charge on any atom is 0.202 e. The SMILES string of the molecule is COc1ccc(O[C@H]2C[C@H](OCc3ccccc3)[C@H](O[C@H]3C[C@@H](OCc4ccccc4)[C@H](O)[C@@H](C)O3)[C@@H](C)O2)cc1. The van der Waals surface area contributed by atoms with Crippen molar-refractivity contribution in [2.24, 2.45) is 0 Å². The predicted octanol–water partition coefficient (Wildman–Crippen LogP) is 5.26. The Balaban J connectivity index is 1.25. The molecular weight excluding hydrogens is 524 g/mol. The van der Waals surface area contributed by atoms with E-state index in [1.165, 1.54) is 0 Å². The highest BCUT2D eigenvalue weighted by atomic mass is 16.7. The zero-order valence-electron chi connectivity index (χ0n) is 23.8. The summed E-state index contributed by atoms with van der Waals surface area (Å²) in [6.45, 7) is 4.62. The lowest BCUT2D eigenvalue weighted by Gasteiger charge is -2.44. The number of hydrogen-bond donors (Lipinski definition) is 1. The number of hydrogen-bond acceptors (Lipinski definition) is 8. The van der Waals surface area contributed by atoms with Crippen LogP contribution in [0.1, 0.15) is 37.8 Å². The van der Waals surface area contributed by atoms with Gasteiger partial charge in [0.15, 0.2) is 6.29 Å². The van der Waals surface area contributed by atoms with Crippen molar-refractivity contribution in [3.05, 3.63) is 96.1 Å². The van der Waals surface area contributed by atoms with Gasteiger partial charge in [-0.25, -0.2) is 0 Å². The summed E-state index contributed by atoms with van der Waals surface area (Å²) in [7, 11) is 1.63. The van der Waals surface area contributed by atoms with Crippen molar-refractivity contribution in [3.63, 3.8) is 0 Å². The normalized spacial score (nSPS) is 30.0. The van der Waals surface area contributed by atoms with Crippen LogP contribution in [0, 0.1) is 0 Å². The summed E-state index contributed by atoms with van der Waals surface area (Å²) in [6, 6.07) is 27.4. The molecule has 8 nitrogen and oxygen atoms in total. The highest BCUT2D eigenvalue weighted by Gasteiger charge is 2.44. The molecule has 41 heavy (non-hydrogen) atoms. The molecule has 8 heteroatoms. The van der Waals surface area contributed by atoms with Crippen LogP contribution in [-0.2, 0) is 36.9 Å². The van der Waals surface area contributed by atoms with Crippen LogP contribution >= 0.6 is 0 Å². The lowest BCUT2D eigenvalue weighted by atomic mass is 10.00. The van der Waals surface area contributed by atoms with Gasteiger partial charge in [0.05, 0.1) is 44.7 Å². The van der Waals surface area contributed by atoms with Crippen LogP contribution in [-0.4, -0.2) is 61.4 Å². The van der Waals surface area contributed by atoms with Crippen LogP contribution in [0.2, 0.25) is 0 Å². The molecule has 0 radical (unpaired) electrons. The van der Waals surface area contributed by atoms with E-state index >= 15 is 0 Å². The van der Waals surface area contributed by atoms with E-state index in [2.05, 4.69) is 0 Å². The highest BCUT2D eigenvalue weighted by molar-refractivity contribution is 5.31. The van der Waals surface area contributed by atoms with E-state index in [4.69, 9.17) is 33.2 Å². The monoisotopic (exact) mass is 564 g/mol. The van der Waals surface area contributed by atoms with Gasteiger partial charge >= 0.3 is 0 Å². The third-order valence-electron chi connectivity index (χ3n) is 7.52. The number of aliphatic hydroxyl groups is 1. The molecule has 0 spiro atoms. The van der Waals surface area contributed by atoms with Crippen molar-refractivity contribution in [2.75, 3.05) is 7.11 Å². The molecule has 0 bridgehead atoms. The molecule has 0 unspecified atom stereocenters. The first-order valence-electron chi connectivity index (χ1n) is 14.2.